The molecule has 0 unspecified atom stereocenters. The quantitative estimate of drug-likeness (QED) is 0.788. The third kappa shape index (κ3) is 1.88. The molecule has 0 saturated carbocycles. The lowest BCUT2D eigenvalue weighted by Gasteiger charge is -2.11. The van der Waals surface area contributed by atoms with E-state index < -0.39 is 0 Å². The number of nitrogens with one attached hydrogen (secondary N) is 1. The first kappa shape index (κ1) is 10.2. The van der Waals surface area contributed by atoms with Crippen molar-refractivity contribution in [1.29, 1.82) is 0 Å². The number of aromatic nitrogens is 2. The molecule has 0 spiro atoms. The summed E-state index contributed by atoms with van der Waals surface area (Å²) in [6.45, 7) is 6.27. The molecule has 80 valence electrons. The second-order valence-corrected chi connectivity index (χ2v) is 4.41. The van der Waals surface area contributed by atoms with Gasteiger partial charge in [-0.05, 0) is 30.5 Å². The van der Waals surface area contributed by atoms with Gasteiger partial charge in [-0.2, -0.15) is 0 Å². The molecule has 0 saturated heterocycles. The van der Waals surface area contributed by atoms with E-state index in [4.69, 9.17) is 5.73 Å². The van der Waals surface area contributed by atoms with Gasteiger partial charge in [0.15, 0.2) is 0 Å². The first-order valence-corrected chi connectivity index (χ1v) is 5.30. The van der Waals surface area contributed by atoms with Crippen molar-refractivity contribution >= 4 is 11.0 Å². The molecule has 0 fully saturated rings. The van der Waals surface area contributed by atoms with Crippen LogP contribution in [0.25, 0.3) is 11.0 Å². The lowest BCUT2D eigenvalue weighted by molar-refractivity contribution is 0.495. The van der Waals surface area contributed by atoms with Crippen molar-refractivity contribution in [2.45, 2.75) is 26.8 Å². The number of hydrogen-bond donors (Lipinski definition) is 2. The zero-order valence-corrected chi connectivity index (χ0v) is 9.41. The Morgan fingerprint density at radius 3 is 2.73 bits per heavy atom. The molecule has 1 aromatic heterocycles. The Labute approximate surface area is 89.7 Å². The number of fused-ring (bicyclic) bond motifs is 1. The van der Waals surface area contributed by atoms with Crippen LogP contribution in [0.4, 0.5) is 0 Å². The average Bonchev–Trinajstić information content (AvgIpc) is 2.58. The van der Waals surface area contributed by atoms with Gasteiger partial charge >= 0.3 is 0 Å². The van der Waals surface area contributed by atoms with Gasteiger partial charge in [-0.15, -0.1) is 0 Å². The van der Waals surface area contributed by atoms with Crippen molar-refractivity contribution in [2.24, 2.45) is 11.7 Å². The second kappa shape index (κ2) is 3.66. The molecular weight excluding hydrogens is 186 g/mol. The smallest absolute Gasteiger partial charge is 0.124 e. The number of benzene rings is 1. The van der Waals surface area contributed by atoms with E-state index in [0.717, 1.165) is 16.9 Å². The van der Waals surface area contributed by atoms with Crippen LogP contribution in [-0.4, -0.2) is 9.97 Å². The molecule has 1 aromatic carbocycles. The summed E-state index contributed by atoms with van der Waals surface area (Å²) in [7, 11) is 0. The third-order valence-corrected chi connectivity index (χ3v) is 2.69. The maximum absolute atomic E-state index is 6.05. The molecule has 0 radical (unpaired) electrons. The van der Waals surface area contributed by atoms with Crippen LogP contribution < -0.4 is 5.73 Å². The van der Waals surface area contributed by atoms with Gasteiger partial charge in [0.05, 0.1) is 17.1 Å². The molecule has 15 heavy (non-hydrogen) atoms. The van der Waals surface area contributed by atoms with Crippen molar-refractivity contribution in [1.82, 2.24) is 9.97 Å². The number of hydrogen-bond acceptors (Lipinski definition) is 2. The first-order valence-electron chi connectivity index (χ1n) is 5.30. The Bertz CT molecular complexity index is 471. The van der Waals surface area contributed by atoms with Gasteiger partial charge in [0.25, 0.3) is 0 Å². The van der Waals surface area contributed by atoms with E-state index >= 15 is 0 Å². The Kier molecular flexibility index (Phi) is 2.49. The predicted octanol–water partition coefficient (Wildman–Crippen LogP) is 2.53. The summed E-state index contributed by atoms with van der Waals surface area (Å²) >= 11 is 0. The number of aryl methyl sites for hydroxylation is 1. The van der Waals surface area contributed by atoms with Gasteiger partial charge in [-0.1, -0.05) is 19.9 Å². The average molecular weight is 203 g/mol. The summed E-state index contributed by atoms with van der Waals surface area (Å²) in [6, 6.07) is 6.17. The monoisotopic (exact) mass is 203 g/mol. The largest absolute Gasteiger partial charge is 0.341 e. The lowest BCUT2D eigenvalue weighted by atomic mass is 10.1. The zero-order valence-electron chi connectivity index (χ0n) is 9.41. The van der Waals surface area contributed by atoms with Crippen molar-refractivity contribution in [3.05, 3.63) is 29.6 Å². The van der Waals surface area contributed by atoms with E-state index in [-0.39, 0.29) is 6.04 Å². The highest BCUT2D eigenvalue weighted by Crippen LogP contribution is 2.20. The van der Waals surface area contributed by atoms with E-state index in [0.29, 0.717) is 5.92 Å². The molecule has 0 bridgehead atoms. The van der Waals surface area contributed by atoms with Crippen LogP contribution in [-0.2, 0) is 0 Å². The number of nitrogens with zero attached hydrogens (tertiary/aromatic N) is 1. The van der Waals surface area contributed by atoms with Crippen molar-refractivity contribution in [2.75, 3.05) is 0 Å². The van der Waals surface area contributed by atoms with Gasteiger partial charge in [0, 0.05) is 0 Å². The molecule has 2 aromatic rings. The van der Waals surface area contributed by atoms with Gasteiger partial charge in [-0.3, -0.25) is 0 Å². The second-order valence-electron chi connectivity index (χ2n) is 4.41. The van der Waals surface area contributed by atoms with Crippen LogP contribution in [0, 0.1) is 12.8 Å². The summed E-state index contributed by atoms with van der Waals surface area (Å²) in [6.07, 6.45) is 0. The molecule has 0 aliphatic heterocycles. The summed E-state index contributed by atoms with van der Waals surface area (Å²) in [5, 5.41) is 0. The summed E-state index contributed by atoms with van der Waals surface area (Å²) in [4.78, 5) is 7.78. The predicted molar refractivity (Wildman–Crippen MR) is 62.6 cm³/mol. The SMILES string of the molecule is Cc1ccc2nc([C@H](N)C(C)C)[nH]c2c1. The number of aromatic amines is 1. The molecule has 0 aliphatic carbocycles. The van der Waals surface area contributed by atoms with Crippen LogP contribution in [0.5, 0.6) is 0 Å². The van der Waals surface area contributed by atoms with Gasteiger partial charge in [0.1, 0.15) is 5.82 Å². The van der Waals surface area contributed by atoms with E-state index in [1.165, 1.54) is 5.56 Å². The minimum atomic E-state index is -0.0160. The van der Waals surface area contributed by atoms with E-state index in [2.05, 4.69) is 42.9 Å². The number of imidazole rings is 1. The van der Waals surface area contributed by atoms with Crippen molar-refractivity contribution < 1.29 is 0 Å². The molecule has 3 N–H and O–H groups in total. The molecule has 0 amide bonds. The van der Waals surface area contributed by atoms with Crippen LogP contribution in [0.1, 0.15) is 31.3 Å². The number of nitrogens with two attached hydrogens (primary N) is 1. The normalized spacial score (nSPS) is 13.7. The fourth-order valence-electron chi connectivity index (χ4n) is 1.62. The van der Waals surface area contributed by atoms with E-state index in [1.54, 1.807) is 0 Å². The molecule has 3 nitrogen and oxygen atoms in total. The fourth-order valence-corrected chi connectivity index (χ4v) is 1.62. The third-order valence-electron chi connectivity index (χ3n) is 2.69. The number of H-pyrrole nitrogens is 1. The lowest BCUT2D eigenvalue weighted by Crippen LogP contribution is -2.17. The fraction of sp³-hybridized carbons (Fsp3) is 0.417. The standard InChI is InChI=1S/C12H17N3/c1-7(2)11(13)12-14-9-5-4-8(3)6-10(9)15-12/h4-7,11H,13H2,1-3H3,(H,14,15)/t11-/m1/s1. The highest BCUT2D eigenvalue weighted by Gasteiger charge is 2.14. The molecule has 2 rings (SSSR count). The molecule has 1 heterocycles. The molecule has 3 heteroatoms. The van der Waals surface area contributed by atoms with Gasteiger partial charge < -0.3 is 10.7 Å². The summed E-state index contributed by atoms with van der Waals surface area (Å²) in [5.41, 5.74) is 9.34. The van der Waals surface area contributed by atoms with Crippen molar-refractivity contribution in [3.8, 4) is 0 Å². The first-order chi connectivity index (χ1) is 7.08. The molecular formula is C12H17N3. The van der Waals surface area contributed by atoms with Gasteiger partial charge in [-0.25, -0.2) is 4.98 Å². The zero-order chi connectivity index (χ0) is 11.0. The highest BCUT2D eigenvalue weighted by molar-refractivity contribution is 5.75. The number of rotatable bonds is 2. The Balaban J connectivity index is 2.47. The maximum atomic E-state index is 6.05. The van der Waals surface area contributed by atoms with Crippen LogP contribution in [0.3, 0.4) is 0 Å². The summed E-state index contributed by atoms with van der Waals surface area (Å²) in [5.74, 6) is 1.28. The van der Waals surface area contributed by atoms with Crippen molar-refractivity contribution in [3.63, 3.8) is 0 Å². The molecule has 1 atom stereocenters. The Morgan fingerprint density at radius 1 is 1.33 bits per heavy atom. The minimum absolute atomic E-state index is 0.0160. The summed E-state index contributed by atoms with van der Waals surface area (Å²) < 4.78 is 0. The van der Waals surface area contributed by atoms with E-state index in [1.807, 2.05) is 6.07 Å². The maximum Gasteiger partial charge on any atom is 0.124 e. The highest BCUT2D eigenvalue weighted by atomic mass is 15.0. The van der Waals surface area contributed by atoms with Crippen LogP contribution in [0.15, 0.2) is 18.2 Å². The Hall–Kier alpha value is -1.35. The topological polar surface area (TPSA) is 54.7 Å². The Morgan fingerprint density at radius 2 is 2.07 bits per heavy atom. The molecule has 0 aliphatic rings. The van der Waals surface area contributed by atoms with Gasteiger partial charge in [0.2, 0.25) is 0 Å². The van der Waals surface area contributed by atoms with Crippen LogP contribution in [0.2, 0.25) is 0 Å². The van der Waals surface area contributed by atoms with Crippen LogP contribution >= 0.6 is 0 Å². The van der Waals surface area contributed by atoms with E-state index in [9.17, 15) is 0 Å². The minimum Gasteiger partial charge on any atom is -0.341 e.